The summed E-state index contributed by atoms with van der Waals surface area (Å²) in [5, 5.41) is 4.66. The van der Waals surface area contributed by atoms with Crippen molar-refractivity contribution in [3.63, 3.8) is 0 Å². The zero-order valence-electron chi connectivity index (χ0n) is 13.9. The molecule has 0 bridgehead atoms. The van der Waals surface area contributed by atoms with E-state index in [9.17, 15) is 9.59 Å². The van der Waals surface area contributed by atoms with Gasteiger partial charge in [-0.25, -0.2) is 0 Å². The second-order valence-electron chi connectivity index (χ2n) is 5.60. The lowest BCUT2D eigenvalue weighted by atomic mass is 10.2. The average Bonchev–Trinajstić information content (AvgIpc) is 3.33. The molecule has 0 saturated carbocycles. The van der Waals surface area contributed by atoms with Crippen LogP contribution < -0.4 is 5.32 Å². The van der Waals surface area contributed by atoms with Gasteiger partial charge in [0.2, 0.25) is 5.91 Å². The third-order valence-electron chi connectivity index (χ3n) is 3.71. The molecule has 2 amide bonds. The van der Waals surface area contributed by atoms with E-state index in [0.29, 0.717) is 24.4 Å². The van der Waals surface area contributed by atoms with Gasteiger partial charge in [0.1, 0.15) is 5.76 Å². The summed E-state index contributed by atoms with van der Waals surface area (Å²) in [5.74, 6) is 0.259. The number of thiophene rings is 1. The molecule has 0 atom stereocenters. The molecule has 0 saturated heterocycles. The number of amides is 2. The normalized spacial score (nSPS) is 10.5. The molecule has 0 spiro atoms. The van der Waals surface area contributed by atoms with Crippen molar-refractivity contribution in [3.8, 4) is 0 Å². The molecule has 0 aliphatic carbocycles. The van der Waals surface area contributed by atoms with Crippen LogP contribution in [0.5, 0.6) is 0 Å². The van der Waals surface area contributed by atoms with E-state index in [1.54, 1.807) is 52.8 Å². The molecule has 1 N–H and O–H groups in total. The summed E-state index contributed by atoms with van der Waals surface area (Å²) in [7, 11) is 0. The van der Waals surface area contributed by atoms with Crippen molar-refractivity contribution in [3.05, 3.63) is 80.8 Å². The van der Waals surface area contributed by atoms with Gasteiger partial charge < -0.3 is 14.6 Å². The van der Waals surface area contributed by atoms with Crippen molar-refractivity contribution in [2.45, 2.75) is 13.1 Å². The number of halogens is 1. The summed E-state index contributed by atoms with van der Waals surface area (Å²) in [6.07, 6.45) is 1.58. The van der Waals surface area contributed by atoms with E-state index in [1.807, 2.05) is 23.6 Å². The summed E-state index contributed by atoms with van der Waals surface area (Å²) >= 11 is 4.92. The Kier molecular flexibility index (Phi) is 6.25. The van der Waals surface area contributed by atoms with Crippen LogP contribution in [0.1, 0.15) is 21.0 Å². The van der Waals surface area contributed by atoms with Crippen molar-refractivity contribution < 1.29 is 14.0 Å². The van der Waals surface area contributed by atoms with Gasteiger partial charge in [-0.3, -0.25) is 9.59 Å². The Balaban J connectivity index is 1.62. The predicted molar refractivity (Wildman–Crippen MR) is 104 cm³/mol. The van der Waals surface area contributed by atoms with Gasteiger partial charge in [-0.1, -0.05) is 22.0 Å². The summed E-state index contributed by atoms with van der Waals surface area (Å²) < 4.78 is 6.25. The first-order valence-electron chi connectivity index (χ1n) is 7.98. The van der Waals surface area contributed by atoms with E-state index in [4.69, 9.17) is 4.42 Å². The highest BCUT2D eigenvalue weighted by molar-refractivity contribution is 9.10. The lowest BCUT2D eigenvalue weighted by Gasteiger charge is -2.21. The fourth-order valence-corrected chi connectivity index (χ4v) is 3.37. The van der Waals surface area contributed by atoms with E-state index < -0.39 is 0 Å². The SMILES string of the molecule is O=C(NCC(=O)N(Cc1ccco1)Cc1cccs1)c1ccc(Br)cc1. The Morgan fingerprint density at radius 2 is 1.88 bits per heavy atom. The molecule has 0 aliphatic rings. The van der Waals surface area contributed by atoms with Crippen LogP contribution in [-0.4, -0.2) is 23.3 Å². The molecule has 3 aromatic rings. The third kappa shape index (κ3) is 5.06. The standard InChI is InChI=1S/C19H17BrN2O3S/c20-15-7-5-14(6-8-15)19(24)21-11-18(23)22(12-16-3-1-9-25-16)13-17-4-2-10-26-17/h1-10H,11-13H2,(H,21,24). The van der Waals surface area contributed by atoms with Gasteiger partial charge in [0.15, 0.2) is 0 Å². The number of carbonyl (C=O) groups excluding carboxylic acids is 2. The molecule has 0 radical (unpaired) electrons. The maximum atomic E-state index is 12.7. The van der Waals surface area contributed by atoms with Gasteiger partial charge in [-0.2, -0.15) is 0 Å². The fraction of sp³-hybridized carbons (Fsp3) is 0.158. The Bertz CT molecular complexity index is 809. The maximum Gasteiger partial charge on any atom is 0.251 e. The van der Waals surface area contributed by atoms with Crippen LogP contribution in [0.15, 0.2) is 69.1 Å². The fourth-order valence-electron chi connectivity index (χ4n) is 2.38. The van der Waals surface area contributed by atoms with Gasteiger partial charge in [-0.15, -0.1) is 11.3 Å². The van der Waals surface area contributed by atoms with E-state index >= 15 is 0 Å². The van der Waals surface area contributed by atoms with E-state index in [2.05, 4.69) is 21.2 Å². The molecular weight excluding hydrogens is 416 g/mol. The second kappa shape index (κ2) is 8.82. The molecule has 0 fully saturated rings. The molecule has 0 unspecified atom stereocenters. The maximum absolute atomic E-state index is 12.7. The summed E-state index contributed by atoms with van der Waals surface area (Å²) in [5.41, 5.74) is 0.511. The number of hydrogen-bond acceptors (Lipinski definition) is 4. The minimum atomic E-state index is -0.278. The number of rotatable bonds is 7. The minimum absolute atomic E-state index is 0.0685. The third-order valence-corrected chi connectivity index (χ3v) is 5.10. The molecule has 0 aliphatic heterocycles. The van der Waals surface area contributed by atoms with Crippen LogP contribution in [-0.2, 0) is 17.9 Å². The minimum Gasteiger partial charge on any atom is -0.467 e. The molecule has 134 valence electrons. The van der Waals surface area contributed by atoms with Crippen LogP contribution >= 0.6 is 27.3 Å². The molecule has 1 aromatic carbocycles. The highest BCUT2D eigenvalue weighted by Crippen LogP contribution is 2.15. The topological polar surface area (TPSA) is 62.6 Å². The van der Waals surface area contributed by atoms with Crippen LogP contribution in [0.25, 0.3) is 0 Å². The average molecular weight is 433 g/mol. The van der Waals surface area contributed by atoms with E-state index in [0.717, 1.165) is 9.35 Å². The van der Waals surface area contributed by atoms with Crippen molar-refractivity contribution in [1.29, 1.82) is 0 Å². The number of hydrogen-bond donors (Lipinski definition) is 1. The van der Waals surface area contributed by atoms with Crippen LogP contribution in [0, 0.1) is 0 Å². The quantitative estimate of drug-likeness (QED) is 0.611. The Hall–Kier alpha value is -2.38. The highest BCUT2D eigenvalue weighted by atomic mass is 79.9. The molecule has 26 heavy (non-hydrogen) atoms. The van der Waals surface area contributed by atoms with Crippen LogP contribution in [0.4, 0.5) is 0 Å². The number of nitrogens with zero attached hydrogens (tertiary/aromatic N) is 1. The summed E-state index contributed by atoms with van der Waals surface area (Å²) in [4.78, 5) is 27.6. The molecule has 2 heterocycles. The smallest absolute Gasteiger partial charge is 0.251 e. The first-order chi connectivity index (χ1) is 12.6. The van der Waals surface area contributed by atoms with Gasteiger partial charge in [-0.05, 0) is 47.8 Å². The van der Waals surface area contributed by atoms with Gasteiger partial charge >= 0.3 is 0 Å². The number of benzene rings is 1. The Morgan fingerprint density at radius 3 is 2.54 bits per heavy atom. The zero-order chi connectivity index (χ0) is 18.4. The van der Waals surface area contributed by atoms with Crippen molar-refractivity contribution in [2.24, 2.45) is 0 Å². The zero-order valence-corrected chi connectivity index (χ0v) is 16.3. The lowest BCUT2D eigenvalue weighted by Crippen LogP contribution is -2.39. The molecular formula is C19H17BrN2O3S. The Morgan fingerprint density at radius 1 is 1.08 bits per heavy atom. The second-order valence-corrected chi connectivity index (χ2v) is 7.55. The van der Waals surface area contributed by atoms with E-state index in [-0.39, 0.29) is 18.4 Å². The largest absolute Gasteiger partial charge is 0.467 e. The number of nitrogens with one attached hydrogen (secondary N) is 1. The van der Waals surface area contributed by atoms with Crippen LogP contribution in [0.3, 0.4) is 0 Å². The highest BCUT2D eigenvalue weighted by Gasteiger charge is 2.17. The first kappa shape index (κ1) is 18.4. The first-order valence-corrected chi connectivity index (χ1v) is 9.65. The molecule has 2 aromatic heterocycles. The van der Waals surface area contributed by atoms with Crippen molar-refractivity contribution in [2.75, 3.05) is 6.54 Å². The number of furan rings is 1. The predicted octanol–water partition coefficient (Wildman–Crippen LogP) is 4.06. The van der Waals surface area contributed by atoms with Crippen LogP contribution in [0.2, 0.25) is 0 Å². The molecule has 7 heteroatoms. The molecule has 3 rings (SSSR count). The van der Waals surface area contributed by atoms with Gasteiger partial charge in [0.25, 0.3) is 5.91 Å². The molecule has 5 nitrogen and oxygen atoms in total. The summed E-state index contributed by atoms with van der Waals surface area (Å²) in [6.45, 7) is 0.768. The monoisotopic (exact) mass is 432 g/mol. The van der Waals surface area contributed by atoms with Crippen molar-refractivity contribution in [1.82, 2.24) is 10.2 Å². The summed E-state index contributed by atoms with van der Waals surface area (Å²) in [6, 6.07) is 14.5. The van der Waals surface area contributed by atoms with Gasteiger partial charge in [0.05, 0.1) is 25.9 Å². The van der Waals surface area contributed by atoms with Crippen molar-refractivity contribution >= 4 is 39.1 Å². The number of carbonyl (C=O) groups is 2. The van der Waals surface area contributed by atoms with E-state index in [1.165, 1.54) is 0 Å². The Labute approximate surface area is 163 Å². The lowest BCUT2D eigenvalue weighted by molar-refractivity contribution is -0.131. The van der Waals surface area contributed by atoms with Gasteiger partial charge in [0, 0.05) is 14.9 Å².